The summed E-state index contributed by atoms with van der Waals surface area (Å²) in [7, 11) is 7.09. The number of fused-ring (bicyclic) bond motifs is 1. The molecule has 0 spiro atoms. The monoisotopic (exact) mass is 590 g/mol. The summed E-state index contributed by atoms with van der Waals surface area (Å²) in [5.74, 6) is -0.737. The SMILES string of the molecule is CN(C)c1cc(CN2CC3N(C(=O)CN(C)N3C=O)[C@@H](Cc3ccc(O)cc3)C2=O)ccc1F.CNCc1ccccc1. The molecule has 5 rings (SSSR count). The number of likely N-dealkylation sites (N-methyl/N-ethyl adjacent to an activating group) is 1. The van der Waals surface area contributed by atoms with E-state index in [2.05, 4.69) is 17.4 Å². The molecule has 0 aromatic heterocycles. The fourth-order valence-electron chi connectivity index (χ4n) is 5.40. The molecule has 2 atom stereocenters. The lowest BCUT2D eigenvalue weighted by Gasteiger charge is -2.53. The Morgan fingerprint density at radius 3 is 2.30 bits per heavy atom. The predicted octanol–water partition coefficient (Wildman–Crippen LogP) is 2.43. The Hall–Kier alpha value is -4.48. The van der Waals surface area contributed by atoms with Crippen LogP contribution in [0.1, 0.15) is 16.7 Å². The van der Waals surface area contributed by atoms with Crippen molar-refractivity contribution < 1.29 is 23.9 Å². The predicted molar refractivity (Wildman–Crippen MR) is 162 cm³/mol. The average molecular weight is 591 g/mol. The van der Waals surface area contributed by atoms with Crippen molar-refractivity contribution in [2.24, 2.45) is 0 Å². The van der Waals surface area contributed by atoms with Crippen molar-refractivity contribution in [3.8, 4) is 5.75 Å². The lowest BCUT2D eigenvalue weighted by atomic mass is 9.98. The maximum Gasteiger partial charge on any atom is 0.246 e. The van der Waals surface area contributed by atoms with Crippen LogP contribution in [0.25, 0.3) is 0 Å². The molecule has 3 aromatic carbocycles. The van der Waals surface area contributed by atoms with Crippen molar-refractivity contribution in [3.63, 3.8) is 0 Å². The lowest BCUT2D eigenvalue weighted by Crippen LogP contribution is -2.74. The molecule has 3 amide bonds. The van der Waals surface area contributed by atoms with Gasteiger partial charge in [0, 0.05) is 40.7 Å². The number of carbonyl (C=O) groups excluding carboxylic acids is 3. The van der Waals surface area contributed by atoms with Crippen LogP contribution in [0.5, 0.6) is 5.75 Å². The maximum atomic E-state index is 14.2. The van der Waals surface area contributed by atoms with Crippen molar-refractivity contribution >= 4 is 23.9 Å². The summed E-state index contributed by atoms with van der Waals surface area (Å²) in [6.45, 7) is 1.29. The minimum Gasteiger partial charge on any atom is -0.508 e. The molecule has 2 fully saturated rings. The van der Waals surface area contributed by atoms with Gasteiger partial charge in [0.2, 0.25) is 18.2 Å². The number of amides is 3. The van der Waals surface area contributed by atoms with Crippen LogP contribution in [0, 0.1) is 5.82 Å². The smallest absolute Gasteiger partial charge is 0.246 e. The van der Waals surface area contributed by atoms with E-state index in [1.165, 1.54) is 33.7 Å². The molecular weight excluding hydrogens is 551 g/mol. The van der Waals surface area contributed by atoms with Gasteiger partial charge in [-0.1, -0.05) is 48.5 Å². The molecule has 0 bridgehead atoms. The molecule has 11 heteroatoms. The minimum absolute atomic E-state index is 0.0151. The van der Waals surface area contributed by atoms with E-state index in [4.69, 9.17) is 0 Å². The molecule has 3 aromatic rings. The number of rotatable bonds is 8. The van der Waals surface area contributed by atoms with Gasteiger partial charge in [0.15, 0.2) is 0 Å². The number of hydrogen-bond acceptors (Lipinski definition) is 7. The molecule has 1 unspecified atom stereocenters. The Morgan fingerprint density at radius 1 is 1.00 bits per heavy atom. The Labute approximate surface area is 251 Å². The van der Waals surface area contributed by atoms with Crippen molar-refractivity contribution in [2.45, 2.75) is 31.7 Å². The van der Waals surface area contributed by atoms with Crippen LogP contribution in [0.2, 0.25) is 0 Å². The average Bonchev–Trinajstić information content (AvgIpc) is 2.98. The molecule has 43 heavy (non-hydrogen) atoms. The second-order valence-corrected chi connectivity index (χ2v) is 10.9. The summed E-state index contributed by atoms with van der Waals surface area (Å²) in [6, 6.07) is 20.7. The van der Waals surface area contributed by atoms with Crippen LogP contribution in [-0.2, 0) is 33.9 Å². The number of halogens is 1. The first-order valence-corrected chi connectivity index (χ1v) is 14.1. The molecule has 2 heterocycles. The minimum atomic E-state index is -0.819. The van der Waals surface area contributed by atoms with Crippen LogP contribution in [0.4, 0.5) is 10.1 Å². The van der Waals surface area contributed by atoms with Gasteiger partial charge in [0.25, 0.3) is 0 Å². The van der Waals surface area contributed by atoms with Gasteiger partial charge in [-0.3, -0.25) is 19.4 Å². The number of hydrazine groups is 1. The number of hydrogen-bond donors (Lipinski definition) is 2. The van der Waals surface area contributed by atoms with E-state index in [0.717, 1.165) is 17.7 Å². The maximum absolute atomic E-state index is 14.2. The summed E-state index contributed by atoms with van der Waals surface area (Å²) in [6.07, 6.45) is 0.246. The van der Waals surface area contributed by atoms with Crippen LogP contribution >= 0.6 is 0 Å². The molecule has 2 aliphatic rings. The first-order valence-electron chi connectivity index (χ1n) is 14.1. The van der Waals surface area contributed by atoms with Gasteiger partial charge in [-0.05, 0) is 48.0 Å². The Balaban J connectivity index is 0.000000403. The molecule has 10 nitrogen and oxygen atoms in total. The van der Waals surface area contributed by atoms with Gasteiger partial charge in [0.1, 0.15) is 23.8 Å². The highest BCUT2D eigenvalue weighted by atomic mass is 19.1. The molecule has 0 aliphatic carbocycles. The zero-order valence-corrected chi connectivity index (χ0v) is 25.0. The number of nitrogens with zero attached hydrogens (tertiary/aromatic N) is 5. The van der Waals surface area contributed by atoms with Gasteiger partial charge in [-0.25, -0.2) is 9.40 Å². The van der Waals surface area contributed by atoms with Crippen molar-refractivity contribution in [2.75, 3.05) is 46.2 Å². The van der Waals surface area contributed by atoms with Gasteiger partial charge in [-0.2, -0.15) is 0 Å². The van der Waals surface area contributed by atoms with E-state index in [1.807, 2.05) is 25.2 Å². The molecule has 0 radical (unpaired) electrons. The third-order valence-electron chi connectivity index (χ3n) is 7.55. The summed E-state index contributed by atoms with van der Waals surface area (Å²) < 4.78 is 14.2. The Bertz CT molecular complexity index is 1400. The highest BCUT2D eigenvalue weighted by Gasteiger charge is 2.48. The Kier molecular flexibility index (Phi) is 10.3. The van der Waals surface area contributed by atoms with E-state index in [0.29, 0.717) is 12.1 Å². The number of nitrogens with one attached hydrogen (secondary N) is 1. The molecule has 228 valence electrons. The van der Waals surface area contributed by atoms with Gasteiger partial charge in [0.05, 0.1) is 18.8 Å². The highest BCUT2D eigenvalue weighted by Crippen LogP contribution is 2.29. The number of phenolic OH excluding ortho intramolecular Hbond substituents is 1. The third-order valence-corrected chi connectivity index (χ3v) is 7.55. The number of piperazine rings is 1. The van der Waals surface area contributed by atoms with E-state index < -0.39 is 12.2 Å². The van der Waals surface area contributed by atoms with Crippen LogP contribution < -0.4 is 10.2 Å². The quantitative estimate of drug-likeness (QED) is 0.389. The van der Waals surface area contributed by atoms with E-state index in [-0.39, 0.29) is 49.4 Å². The molecular formula is C32H39FN6O4. The number of phenols is 1. The number of benzene rings is 3. The summed E-state index contributed by atoms with van der Waals surface area (Å²) in [5.41, 5.74) is 3.26. The van der Waals surface area contributed by atoms with Gasteiger partial charge >= 0.3 is 0 Å². The van der Waals surface area contributed by atoms with Crippen LogP contribution in [-0.4, -0.2) is 96.6 Å². The van der Waals surface area contributed by atoms with Gasteiger partial charge < -0.3 is 25.1 Å². The fraction of sp³-hybridized carbons (Fsp3) is 0.344. The zero-order valence-electron chi connectivity index (χ0n) is 25.0. The van der Waals surface area contributed by atoms with E-state index in [9.17, 15) is 23.9 Å². The lowest BCUT2D eigenvalue weighted by molar-refractivity contribution is -0.196. The van der Waals surface area contributed by atoms with E-state index >= 15 is 0 Å². The number of carbonyl (C=O) groups is 3. The zero-order chi connectivity index (χ0) is 31.1. The highest BCUT2D eigenvalue weighted by molar-refractivity contribution is 5.91. The number of aromatic hydroxyl groups is 1. The Morgan fingerprint density at radius 2 is 1.67 bits per heavy atom. The standard InChI is InChI=1S/C24H28FN5O4.C8H11N/c1-26(2)20-11-17(6-9-19(20)25)12-28-13-22-29(15-31)27(3)14-23(33)30(22)21(24(28)34)10-16-4-7-18(32)8-5-16;1-9-7-8-5-3-2-4-6-8/h4-9,11,15,21-22,32H,10,12-14H2,1-3H3;2-6,9H,7H2,1H3/t21-,22?;/m0./s1. The second kappa shape index (κ2) is 14.1. The fourth-order valence-corrected chi connectivity index (χ4v) is 5.40. The van der Waals surface area contributed by atoms with E-state index in [1.54, 1.807) is 60.2 Å². The van der Waals surface area contributed by atoms with Crippen LogP contribution in [0.15, 0.2) is 72.8 Å². The molecule has 2 saturated heterocycles. The topological polar surface area (TPSA) is 99.7 Å². The first-order chi connectivity index (χ1) is 20.6. The van der Waals surface area contributed by atoms with Crippen molar-refractivity contribution in [1.29, 1.82) is 0 Å². The van der Waals surface area contributed by atoms with Crippen LogP contribution in [0.3, 0.4) is 0 Å². The molecule has 0 saturated carbocycles. The molecule has 2 N–H and O–H groups in total. The normalized spacial score (nSPS) is 18.6. The van der Waals surface area contributed by atoms with Crippen molar-refractivity contribution in [1.82, 2.24) is 25.1 Å². The summed E-state index contributed by atoms with van der Waals surface area (Å²) in [5, 5.41) is 15.7. The molecule has 2 aliphatic heterocycles. The summed E-state index contributed by atoms with van der Waals surface area (Å²) in [4.78, 5) is 43.3. The second-order valence-electron chi connectivity index (χ2n) is 10.9. The third kappa shape index (κ3) is 7.49. The van der Waals surface area contributed by atoms with Gasteiger partial charge in [-0.15, -0.1) is 0 Å². The largest absolute Gasteiger partial charge is 0.508 e. The van der Waals surface area contributed by atoms with Crippen molar-refractivity contribution in [3.05, 3.63) is 95.3 Å². The summed E-state index contributed by atoms with van der Waals surface area (Å²) >= 11 is 0. The number of anilines is 1. The first kappa shape index (κ1) is 31.5.